The van der Waals surface area contributed by atoms with Crippen LogP contribution in [0.2, 0.25) is 0 Å². The average Bonchev–Trinajstić information content (AvgIpc) is 3.19. The zero-order chi connectivity index (χ0) is 25.5. The molecule has 3 heterocycles. The molecule has 0 unspecified atom stereocenters. The Morgan fingerprint density at radius 2 is 1.86 bits per heavy atom. The molecule has 2 fully saturated rings. The van der Waals surface area contributed by atoms with Gasteiger partial charge in [0.15, 0.2) is 0 Å². The normalized spacial score (nSPS) is 17.9. The summed E-state index contributed by atoms with van der Waals surface area (Å²) in [6.07, 6.45) is 4.20. The van der Waals surface area contributed by atoms with Gasteiger partial charge in [0.25, 0.3) is 5.91 Å². The number of nitrogens with one attached hydrogen (secondary N) is 1. The summed E-state index contributed by atoms with van der Waals surface area (Å²) >= 11 is 0. The number of carbonyl (C=O) groups is 1. The Hall–Kier alpha value is -3.23. The zero-order valence-corrected chi connectivity index (χ0v) is 20.6. The summed E-state index contributed by atoms with van der Waals surface area (Å²) in [7, 11) is 1.94. The molecule has 1 saturated heterocycles. The highest BCUT2D eigenvalue weighted by atomic mass is 19.4. The third-order valence-corrected chi connectivity index (χ3v) is 7.71. The van der Waals surface area contributed by atoms with E-state index in [4.69, 9.17) is 0 Å². The molecule has 0 atom stereocenters. The molecule has 1 amide bonds. The van der Waals surface area contributed by atoms with Gasteiger partial charge in [-0.1, -0.05) is 6.92 Å². The molecule has 192 valence electrons. The second-order valence-corrected chi connectivity index (χ2v) is 10.2. The van der Waals surface area contributed by atoms with Gasteiger partial charge < -0.3 is 19.5 Å². The maximum Gasteiger partial charge on any atom is 0.573 e. The molecule has 1 aromatic carbocycles. The van der Waals surface area contributed by atoms with E-state index in [1.807, 2.05) is 37.0 Å². The molecule has 4 aliphatic rings. The lowest BCUT2D eigenvalue weighted by atomic mass is 9.57. The van der Waals surface area contributed by atoms with Crippen molar-refractivity contribution in [3.63, 3.8) is 0 Å². The molecule has 3 aliphatic heterocycles. The highest BCUT2D eigenvalue weighted by Gasteiger charge is 2.45. The lowest BCUT2D eigenvalue weighted by Crippen LogP contribution is -2.49. The first-order valence-corrected chi connectivity index (χ1v) is 12.5. The summed E-state index contributed by atoms with van der Waals surface area (Å²) < 4.78 is 43.0. The van der Waals surface area contributed by atoms with Gasteiger partial charge in [0.1, 0.15) is 5.75 Å². The number of anilines is 1. The zero-order valence-electron chi connectivity index (χ0n) is 20.6. The number of aromatic nitrogens is 2. The quantitative estimate of drug-likeness (QED) is 0.492. The summed E-state index contributed by atoms with van der Waals surface area (Å²) in [5.74, 6) is 0.225. The molecule has 5 rings (SSSR count). The monoisotopic (exact) mass is 500 g/mol. The van der Waals surface area contributed by atoms with Gasteiger partial charge >= 0.3 is 6.36 Å². The standard InChI is InChI=1S/C27H31F3N4O2/c1-3-22-24(21-8-11-33(2)17-23(21)32-22)25(35)31-16-18-14-26(15-18)9-12-34(13-10-26)19-4-6-20(7-5-19)36-27(28,29)30/h4-8,11,17-18H,3,9-10,12-16H2,1-2H3,(H,31,35). The number of hydrogen-bond acceptors (Lipinski definition) is 4. The number of rotatable bonds is 6. The number of benzene rings is 1. The summed E-state index contributed by atoms with van der Waals surface area (Å²) in [5.41, 5.74) is 4.50. The van der Waals surface area contributed by atoms with Gasteiger partial charge in [0.05, 0.1) is 17.0 Å². The first kappa shape index (κ1) is 24.5. The van der Waals surface area contributed by atoms with Gasteiger partial charge in [0, 0.05) is 50.3 Å². The highest BCUT2D eigenvalue weighted by molar-refractivity contribution is 6.02. The summed E-state index contributed by atoms with van der Waals surface area (Å²) in [5, 5.41) is 3.16. The third-order valence-electron chi connectivity index (χ3n) is 7.71. The Labute approximate surface area is 208 Å². The number of nitrogens with zero attached hydrogens (tertiary/aromatic N) is 3. The molecule has 0 radical (unpaired) electrons. The number of alkyl halides is 3. The SMILES string of the molecule is CCc1nc2cn(C)ccc-2c1C(=O)NCC1CC2(CCN(c3ccc(OC(F)(F)F)cc3)CC2)C1. The van der Waals surface area contributed by atoms with Crippen molar-refractivity contribution in [2.75, 3.05) is 24.5 Å². The van der Waals surface area contributed by atoms with Crippen LogP contribution in [0.15, 0.2) is 42.7 Å². The molecule has 9 heteroatoms. The number of ether oxygens (including phenoxy) is 1. The number of carbonyl (C=O) groups excluding carboxylic acids is 1. The van der Waals surface area contributed by atoms with Crippen molar-refractivity contribution < 1.29 is 22.7 Å². The van der Waals surface area contributed by atoms with Crippen LogP contribution in [0.3, 0.4) is 0 Å². The minimum atomic E-state index is -4.68. The van der Waals surface area contributed by atoms with Gasteiger partial charge in [-0.3, -0.25) is 9.78 Å². The van der Waals surface area contributed by atoms with E-state index >= 15 is 0 Å². The largest absolute Gasteiger partial charge is 0.573 e. The van der Waals surface area contributed by atoms with Crippen molar-refractivity contribution in [3.05, 3.63) is 54.0 Å². The van der Waals surface area contributed by atoms with Gasteiger partial charge in [0.2, 0.25) is 0 Å². The maximum absolute atomic E-state index is 13.1. The van der Waals surface area contributed by atoms with Gasteiger partial charge in [-0.25, -0.2) is 0 Å². The Bertz CT molecular complexity index is 1190. The first-order valence-electron chi connectivity index (χ1n) is 12.5. The number of fused-ring (bicyclic) bond motifs is 1. The van der Waals surface area contributed by atoms with Crippen LogP contribution in [0.1, 0.15) is 48.7 Å². The molecule has 1 aliphatic carbocycles. The predicted octanol–water partition coefficient (Wildman–Crippen LogP) is 5.41. The van der Waals surface area contributed by atoms with E-state index in [9.17, 15) is 18.0 Å². The molecule has 0 aromatic heterocycles. The Morgan fingerprint density at radius 3 is 2.50 bits per heavy atom. The molecule has 1 saturated carbocycles. The van der Waals surface area contributed by atoms with Crippen LogP contribution >= 0.6 is 0 Å². The van der Waals surface area contributed by atoms with Crippen LogP contribution in [0.25, 0.3) is 11.3 Å². The van der Waals surface area contributed by atoms with Crippen molar-refractivity contribution in [2.24, 2.45) is 18.4 Å². The fraction of sp³-hybridized carbons (Fsp3) is 0.481. The Morgan fingerprint density at radius 1 is 1.17 bits per heavy atom. The van der Waals surface area contributed by atoms with Crippen molar-refractivity contribution in [1.29, 1.82) is 0 Å². The van der Waals surface area contributed by atoms with E-state index in [-0.39, 0.29) is 11.7 Å². The molecule has 0 bridgehead atoms. The molecule has 1 aromatic rings. The number of aryl methyl sites for hydroxylation is 2. The Balaban J connectivity index is 1.11. The van der Waals surface area contributed by atoms with Crippen LogP contribution in [-0.2, 0) is 13.5 Å². The van der Waals surface area contributed by atoms with Crippen molar-refractivity contribution in [1.82, 2.24) is 14.9 Å². The van der Waals surface area contributed by atoms with Crippen molar-refractivity contribution >= 4 is 11.6 Å². The summed E-state index contributed by atoms with van der Waals surface area (Å²) in [6.45, 7) is 4.44. The van der Waals surface area contributed by atoms with Crippen molar-refractivity contribution in [3.8, 4) is 17.0 Å². The molecular weight excluding hydrogens is 469 g/mol. The first-order chi connectivity index (χ1) is 17.1. The average molecular weight is 501 g/mol. The smallest absolute Gasteiger partial charge is 0.406 e. The summed E-state index contributed by atoms with van der Waals surface area (Å²) in [4.78, 5) is 19.9. The number of piperidine rings is 1. The lowest BCUT2D eigenvalue weighted by Gasteiger charge is -2.52. The number of halogens is 3. The second-order valence-electron chi connectivity index (χ2n) is 10.2. The highest BCUT2D eigenvalue weighted by Crippen LogP contribution is 2.52. The van der Waals surface area contributed by atoms with E-state index in [1.165, 1.54) is 12.1 Å². The maximum atomic E-state index is 13.1. The van der Waals surface area contributed by atoms with E-state index in [1.54, 1.807) is 12.1 Å². The molecule has 1 N–H and O–H groups in total. The third kappa shape index (κ3) is 5.01. The van der Waals surface area contributed by atoms with E-state index in [0.29, 0.717) is 29.9 Å². The van der Waals surface area contributed by atoms with Gasteiger partial charge in [-0.2, -0.15) is 0 Å². The molecule has 36 heavy (non-hydrogen) atoms. The van der Waals surface area contributed by atoms with Crippen LogP contribution < -0.4 is 15.0 Å². The predicted molar refractivity (Wildman–Crippen MR) is 131 cm³/mol. The summed E-state index contributed by atoms with van der Waals surface area (Å²) in [6, 6.07) is 8.06. The van der Waals surface area contributed by atoms with Gasteiger partial charge in [-0.05, 0) is 73.8 Å². The second kappa shape index (κ2) is 9.33. The minimum Gasteiger partial charge on any atom is -0.406 e. The minimum absolute atomic E-state index is 0.0445. The number of hydrogen-bond donors (Lipinski definition) is 1. The van der Waals surface area contributed by atoms with E-state index < -0.39 is 6.36 Å². The van der Waals surface area contributed by atoms with Crippen LogP contribution in [0.4, 0.5) is 18.9 Å². The Kier molecular flexibility index (Phi) is 6.34. The fourth-order valence-corrected chi connectivity index (χ4v) is 5.89. The molecular formula is C27H31F3N4O2. The molecule has 6 nitrogen and oxygen atoms in total. The van der Waals surface area contributed by atoms with Crippen LogP contribution in [0.5, 0.6) is 5.75 Å². The van der Waals surface area contributed by atoms with E-state index in [0.717, 1.165) is 61.4 Å². The lowest BCUT2D eigenvalue weighted by molar-refractivity contribution is -0.274. The topological polar surface area (TPSA) is 59.4 Å². The molecule has 1 spiro atoms. The fourth-order valence-electron chi connectivity index (χ4n) is 5.89. The van der Waals surface area contributed by atoms with Crippen LogP contribution in [0, 0.1) is 11.3 Å². The van der Waals surface area contributed by atoms with Crippen molar-refractivity contribution in [2.45, 2.75) is 45.4 Å². The van der Waals surface area contributed by atoms with E-state index in [2.05, 4.69) is 19.9 Å². The van der Waals surface area contributed by atoms with Crippen LogP contribution in [-0.4, -0.2) is 41.5 Å². The number of pyridine rings is 1. The van der Waals surface area contributed by atoms with Gasteiger partial charge in [-0.15, -0.1) is 13.2 Å². The number of amides is 1.